The highest BCUT2D eigenvalue weighted by molar-refractivity contribution is 8.01. The molecule has 0 fully saturated rings. The minimum absolute atomic E-state index is 0.171. The number of carbonyl (C=O) groups is 1. The van der Waals surface area contributed by atoms with Crippen molar-refractivity contribution in [1.82, 2.24) is 15.0 Å². The lowest BCUT2D eigenvalue weighted by Crippen LogP contribution is -2.27. The summed E-state index contributed by atoms with van der Waals surface area (Å²) in [5, 5.41) is 23.8. The van der Waals surface area contributed by atoms with Crippen molar-refractivity contribution < 1.29 is 19.5 Å². The van der Waals surface area contributed by atoms with Crippen molar-refractivity contribution in [3.8, 4) is 11.4 Å². The Hall–Kier alpha value is -3.36. The van der Waals surface area contributed by atoms with E-state index >= 15 is 0 Å². The lowest BCUT2D eigenvalue weighted by Gasteiger charge is -2.21. The summed E-state index contributed by atoms with van der Waals surface area (Å²) in [6.07, 6.45) is 3.09. The van der Waals surface area contributed by atoms with Gasteiger partial charge in [0.1, 0.15) is 10.5 Å². The summed E-state index contributed by atoms with van der Waals surface area (Å²) in [5.74, 6) is 0.291. The van der Waals surface area contributed by atoms with Gasteiger partial charge >= 0.3 is 5.97 Å². The molecule has 3 rings (SSSR count). The van der Waals surface area contributed by atoms with Gasteiger partial charge in [0.2, 0.25) is 11.7 Å². The molecule has 0 saturated carbocycles. The average Bonchev–Trinajstić information content (AvgIpc) is 3.29. The van der Waals surface area contributed by atoms with Gasteiger partial charge in [0.05, 0.1) is 13.1 Å². The molecule has 0 aliphatic rings. The molecule has 0 unspecified atom stereocenters. The van der Waals surface area contributed by atoms with Gasteiger partial charge in [-0.25, -0.2) is 0 Å². The Labute approximate surface area is 223 Å². The number of benzene rings is 2. The second-order valence-electron chi connectivity index (χ2n) is 8.93. The minimum Gasteiger partial charge on any atom is -0.511 e. The Morgan fingerprint density at radius 3 is 2.38 bits per heavy atom. The first-order valence-electron chi connectivity index (χ1n) is 12.2. The maximum atomic E-state index is 11.4. The van der Waals surface area contributed by atoms with Crippen molar-refractivity contribution in [3.63, 3.8) is 0 Å². The van der Waals surface area contributed by atoms with Gasteiger partial charge in [0.25, 0.3) is 0 Å². The van der Waals surface area contributed by atoms with E-state index in [9.17, 15) is 15.0 Å². The standard InChI is InChI=1S/C27H31N3O4S.C2H6/c1-6-7-21(31)16-30(15-20-9-11-22(12-10-20)35-27(4,5)26(32)33)17-24-28-25(29-34-24)23-13-8-18(2)14-19(23)3;1-2/h6-14,31H,1,15-17H2,2-5H3,(H,32,33);1-2H3/b21-7-;. The van der Waals surface area contributed by atoms with Crippen molar-refractivity contribution in [2.45, 2.75) is 64.3 Å². The molecule has 3 aromatic rings. The smallest absolute Gasteiger partial charge is 0.319 e. The topological polar surface area (TPSA) is 99.7 Å². The summed E-state index contributed by atoms with van der Waals surface area (Å²) in [6, 6.07) is 13.8. The maximum Gasteiger partial charge on any atom is 0.319 e. The van der Waals surface area contributed by atoms with Crippen molar-refractivity contribution >= 4 is 17.7 Å². The summed E-state index contributed by atoms with van der Waals surface area (Å²) in [4.78, 5) is 18.8. The normalized spacial score (nSPS) is 11.7. The molecule has 1 heterocycles. The minimum atomic E-state index is -0.916. The van der Waals surface area contributed by atoms with Crippen molar-refractivity contribution in [3.05, 3.63) is 89.5 Å². The highest BCUT2D eigenvalue weighted by Gasteiger charge is 2.28. The van der Waals surface area contributed by atoms with E-state index in [1.807, 2.05) is 69.0 Å². The maximum absolute atomic E-state index is 11.4. The first-order valence-corrected chi connectivity index (χ1v) is 13.0. The predicted molar refractivity (Wildman–Crippen MR) is 150 cm³/mol. The summed E-state index contributed by atoms with van der Waals surface area (Å²) in [5.41, 5.74) is 4.17. The van der Waals surface area contributed by atoms with Gasteiger partial charge < -0.3 is 14.7 Å². The molecule has 2 N–H and O–H groups in total. The van der Waals surface area contributed by atoms with Crippen LogP contribution < -0.4 is 0 Å². The SMILES string of the molecule is C=C/C=C(\O)CN(Cc1ccc(SC(C)(C)C(=O)O)cc1)Cc1nc(-c2ccc(C)cc2C)no1.CC. The molecule has 0 aliphatic heterocycles. The third-order valence-electron chi connectivity index (χ3n) is 5.36. The van der Waals surface area contributed by atoms with Gasteiger partial charge in [-0.15, -0.1) is 11.8 Å². The van der Waals surface area contributed by atoms with Crippen LogP contribution in [-0.2, 0) is 17.9 Å². The number of aliphatic hydroxyl groups is 1. The molecule has 0 amide bonds. The monoisotopic (exact) mass is 523 g/mol. The lowest BCUT2D eigenvalue weighted by molar-refractivity contribution is -0.138. The fourth-order valence-electron chi connectivity index (χ4n) is 3.53. The van der Waals surface area contributed by atoms with E-state index in [-0.39, 0.29) is 12.3 Å². The number of aliphatic carboxylic acids is 1. The fourth-order valence-corrected chi connectivity index (χ4v) is 4.48. The second kappa shape index (κ2) is 13.8. The van der Waals surface area contributed by atoms with Gasteiger partial charge in [-0.2, -0.15) is 4.98 Å². The Morgan fingerprint density at radius 2 is 1.78 bits per heavy atom. The molecule has 7 nitrogen and oxygen atoms in total. The summed E-state index contributed by atoms with van der Waals surface area (Å²) in [7, 11) is 0. The zero-order valence-electron chi connectivity index (χ0n) is 22.5. The van der Waals surface area contributed by atoms with Gasteiger partial charge in [0.15, 0.2) is 0 Å². The van der Waals surface area contributed by atoms with Gasteiger partial charge in [-0.3, -0.25) is 9.69 Å². The van der Waals surface area contributed by atoms with E-state index in [4.69, 9.17) is 4.52 Å². The number of carboxylic acids is 1. The molecule has 0 aliphatic carbocycles. The van der Waals surface area contributed by atoms with Crippen molar-refractivity contribution in [2.24, 2.45) is 0 Å². The zero-order chi connectivity index (χ0) is 27.6. The van der Waals surface area contributed by atoms with Crippen LogP contribution in [0, 0.1) is 13.8 Å². The molecule has 0 radical (unpaired) electrons. The summed E-state index contributed by atoms with van der Waals surface area (Å²) in [6.45, 7) is 16.2. The predicted octanol–water partition coefficient (Wildman–Crippen LogP) is 6.97. The molecule has 198 valence electrons. The number of hydrogen-bond acceptors (Lipinski definition) is 7. The van der Waals surface area contributed by atoms with E-state index < -0.39 is 10.7 Å². The van der Waals surface area contributed by atoms with Gasteiger partial charge in [-0.05, 0) is 57.0 Å². The van der Waals surface area contributed by atoms with Gasteiger partial charge in [-0.1, -0.05) is 67.6 Å². The second-order valence-corrected chi connectivity index (χ2v) is 10.6. The Balaban J connectivity index is 0.00000235. The quantitative estimate of drug-likeness (QED) is 0.158. The number of carboxylic acid groups (broad SMARTS) is 1. The molecular weight excluding hydrogens is 486 g/mol. The molecule has 0 saturated heterocycles. The van der Waals surface area contributed by atoms with Crippen LogP contribution in [0.25, 0.3) is 11.4 Å². The molecule has 2 aromatic carbocycles. The number of thioether (sulfide) groups is 1. The van der Waals surface area contributed by atoms with E-state index in [0.717, 1.165) is 21.6 Å². The Bertz CT molecular complexity index is 1220. The number of hydrogen-bond donors (Lipinski definition) is 2. The Morgan fingerprint density at radius 1 is 1.11 bits per heavy atom. The first kappa shape index (κ1) is 29.9. The lowest BCUT2D eigenvalue weighted by atomic mass is 10.1. The van der Waals surface area contributed by atoms with Crippen molar-refractivity contribution in [1.29, 1.82) is 0 Å². The van der Waals surface area contributed by atoms with Crippen LogP contribution >= 0.6 is 11.8 Å². The van der Waals surface area contributed by atoms with Crippen LogP contribution in [0.1, 0.15) is 50.3 Å². The number of allylic oxidation sites excluding steroid dienone is 2. The van der Waals surface area contributed by atoms with E-state index in [0.29, 0.717) is 24.8 Å². The summed E-state index contributed by atoms with van der Waals surface area (Å²) < 4.78 is 4.61. The molecule has 0 atom stereocenters. The molecular formula is C29H37N3O4S. The molecule has 8 heteroatoms. The van der Waals surface area contributed by atoms with Crippen molar-refractivity contribution in [2.75, 3.05) is 6.54 Å². The fraction of sp³-hybridized carbons (Fsp3) is 0.345. The first-order chi connectivity index (χ1) is 17.6. The highest BCUT2D eigenvalue weighted by atomic mass is 32.2. The van der Waals surface area contributed by atoms with Crippen LogP contribution in [-0.4, -0.2) is 42.5 Å². The van der Waals surface area contributed by atoms with E-state index in [1.165, 1.54) is 23.4 Å². The van der Waals surface area contributed by atoms with Gasteiger partial charge in [0, 0.05) is 17.0 Å². The third kappa shape index (κ3) is 8.91. The van der Waals surface area contributed by atoms with Crippen LogP contribution in [0.4, 0.5) is 0 Å². The largest absolute Gasteiger partial charge is 0.511 e. The van der Waals surface area contributed by atoms with Crippen LogP contribution in [0.5, 0.6) is 0 Å². The Kier molecular flexibility index (Phi) is 11.1. The van der Waals surface area contributed by atoms with E-state index in [1.54, 1.807) is 19.9 Å². The number of aryl methyl sites for hydroxylation is 2. The molecule has 1 aromatic heterocycles. The van der Waals surface area contributed by atoms with Crippen LogP contribution in [0.3, 0.4) is 0 Å². The number of nitrogens with zero attached hydrogens (tertiary/aromatic N) is 3. The highest BCUT2D eigenvalue weighted by Crippen LogP contribution is 2.33. The molecule has 0 bridgehead atoms. The van der Waals surface area contributed by atoms with E-state index in [2.05, 4.69) is 22.8 Å². The zero-order valence-corrected chi connectivity index (χ0v) is 23.3. The molecule has 0 spiro atoms. The van der Waals surface area contributed by atoms with Crippen LogP contribution in [0.15, 0.2) is 76.4 Å². The summed E-state index contributed by atoms with van der Waals surface area (Å²) >= 11 is 1.30. The molecule has 37 heavy (non-hydrogen) atoms. The number of aliphatic hydroxyl groups excluding tert-OH is 1. The average molecular weight is 524 g/mol. The number of rotatable bonds is 11. The third-order valence-corrected chi connectivity index (χ3v) is 6.56. The number of aromatic nitrogens is 2. The van der Waals surface area contributed by atoms with Crippen LogP contribution in [0.2, 0.25) is 0 Å².